The predicted octanol–water partition coefficient (Wildman–Crippen LogP) is 1.97. The fraction of sp³-hybridized carbons (Fsp3) is 0.688. The molecule has 20 heavy (non-hydrogen) atoms. The van der Waals surface area contributed by atoms with Crippen molar-refractivity contribution >= 4 is 5.82 Å². The van der Waals surface area contributed by atoms with E-state index in [2.05, 4.69) is 61.3 Å². The molecular weight excluding hydrogens is 248 g/mol. The summed E-state index contributed by atoms with van der Waals surface area (Å²) in [6, 6.07) is 6.99. The monoisotopic (exact) mass is 276 g/mol. The third-order valence-corrected chi connectivity index (χ3v) is 4.08. The molecule has 2 unspecified atom stereocenters. The van der Waals surface area contributed by atoms with Gasteiger partial charge in [-0.05, 0) is 45.1 Å². The molecule has 1 aliphatic rings. The van der Waals surface area contributed by atoms with Crippen LogP contribution in [0.3, 0.4) is 0 Å². The van der Waals surface area contributed by atoms with E-state index >= 15 is 0 Å². The maximum atomic E-state index is 4.80. The van der Waals surface area contributed by atoms with E-state index in [0.717, 1.165) is 44.1 Å². The number of pyridine rings is 1. The Bertz CT molecular complexity index is 419. The third kappa shape index (κ3) is 3.70. The van der Waals surface area contributed by atoms with Crippen LogP contribution in [0.1, 0.15) is 26.0 Å². The van der Waals surface area contributed by atoms with Gasteiger partial charge in [0.2, 0.25) is 0 Å². The van der Waals surface area contributed by atoms with E-state index in [1.807, 2.05) is 0 Å². The fourth-order valence-electron chi connectivity index (χ4n) is 2.94. The van der Waals surface area contributed by atoms with Gasteiger partial charge in [0, 0.05) is 25.7 Å². The first-order valence-electron chi connectivity index (χ1n) is 7.69. The van der Waals surface area contributed by atoms with Gasteiger partial charge in [0.15, 0.2) is 0 Å². The first-order valence-corrected chi connectivity index (χ1v) is 7.69. The van der Waals surface area contributed by atoms with Gasteiger partial charge in [0.25, 0.3) is 0 Å². The first kappa shape index (κ1) is 15.3. The van der Waals surface area contributed by atoms with E-state index < -0.39 is 0 Å². The van der Waals surface area contributed by atoms with E-state index in [1.54, 1.807) is 0 Å². The third-order valence-electron chi connectivity index (χ3n) is 4.08. The van der Waals surface area contributed by atoms with E-state index in [9.17, 15) is 0 Å². The van der Waals surface area contributed by atoms with Gasteiger partial charge >= 0.3 is 0 Å². The molecule has 0 spiro atoms. The van der Waals surface area contributed by atoms with Crippen molar-refractivity contribution < 1.29 is 0 Å². The molecule has 1 aliphatic heterocycles. The molecule has 0 radical (unpaired) electrons. The summed E-state index contributed by atoms with van der Waals surface area (Å²) in [4.78, 5) is 9.55. The predicted molar refractivity (Wildman–Crippen MR) is 85.1 cm³/mol. The van der Waals surface area contributed by atoms with Crippen LogP contribution in [0.2, 0.25) is 0 Å². The lowest BCUT2D eigenvalue weighted by Gasteiger charge is -2.22. The topological polar surface area (TPSA) is 31.4 Å². The molecule has 1 saturated heterocycles. The van der Waals surface area contributed by atoms with Crippen molar-refractivity contribution in [1.82, 2.24) is 15.2 Å². The maximum absolute atomic E-state index is 4.80. The van der Waals surface area contributed by atoms with Crippen LogP contribution in [0, 0.1) is 5.92 Å². The Morgan fingerprint density at radius 1 is 1.35 bits per heavy atom. The summed E-state index contributed by atoms with van der Waals surface area (Å²) in [6.07, 6.45) is 1.16. The SMILES string of the molecule is CCCNCc1cccc(N2CC(C)C(N(C)C)C2)n1. The van der Waals surface area contributed by atoms with Gasteiger partial charge in [-0.3, -0.25) is 0 Å². The average molecular weight is 276 g/mol. The fourth-order valence-corrected chi connectivity index (χ4v) is 2.94. The molecule has 0 bridgehead atoms. The number of hydrogen-bond acceptors (Lipinski definition) is 4. The smallest absolute Gasteiger partial charge is 0.128 e. The molecule has 1 aromatic heterocycles. The lowest BCUT2D eigenvalue weighted by molar-refractivity contribution is 0.266. The summed E-state index contributed by atoms with van der Waals surface area (Å²) in [5, 5.41) is 3.42. The van der Waals surface area contributed by atoms with Crippen LogP contribution < -0.4 is 10.2 Å². The highest BCUT2D eigenvalue weighted by Gasteiger charge is 2.31. The van der Waals surface area contributed by atoms with Crippen molar-refractivity contribution in [3.63, 3.8) is 0 Å². The molecule has 1 N–H and O–H groups in total. The standard InChI is InChI=1S/C16H28N4/c1-5-9-17-10-14-7-6-8-16(18-14)20-11-13(2)15(12-20)19(3)4/h6-8,13,15,17H,5,9-12H2,1-4H3. The zero-order valence-electron chi connectivity index (χ0n) is 13.3. The average Bonchev–Trinajstić information content (AvgIpc) is 2.82. The molecule has 1 aromatic rings. The highest BCUT2D eigenvalue weighted by Crippen LogP contribution is 2.24. The van der Waals surface area contributed by atoms with Gasteiger partial charge in [0.1, 0.15) is 5.82 Å². The molecule has 2 heterocycles. The van der Waals surface area contributed by atoms with Crippen LogP contribution in [0.15, 0.2) is 18.2 Å². The van der Waals surface area contributed by atoms with Crippen LogP contribution in [0.5, 0.6) is 0 Å². The number of nitrogens with zero attached hydrogens (tertiary/aromatic N) is 3. The lowest BCUT2D eigenvalue weighted by Crippen LogP contribution is -2.34. The summed E-state index contributed by atoms with van der Waals surface area (Å²) in [5.74, 6) is 1.81. The van der Waals surface area contributed by atoms with Crippen LogP contribution >= 0.6 is 0 Å². The zero-order chi connectivity index (χ0) is 14.5. The minimum atomic E-state index is 0.624. The largest absolute Gasteiger partial charge is 0.355 e. The molecule has 4 heteroatoms. The molecule has 2 rings (SSSR count). The van der Waals surface area contributed by atoms with Gasteiger partial charge in [-0.15, -0.1) is 0 Å². The number of hydrogen-bond donors (Lipinski definition) is 1. The van der Waals surface area contributed by atoms with Gasteiger partial charge in [-0.25, -0.2) is 4.98 Å². The van der Waals surface area contributed by atoms with Crippen LogP contribution in [-0.4, -0.2) is 49.7 Å². The molecule has 0 saturated carbocycles. The number of rotatable bonds is 6. The number of aromatic nitrogens is 1. The van der Waals surface area contributed by atoms with E-state index in [-0.39, 0.29) is 0 Å². The number of nitrogens with one attached hydrogen (secondary N) is 1. The van der Waals surface area contributed by atoms with Crippen LogP contribution in [0.25, 0.3) is 0 Å². The Hall–Kier alpha value is -1.13. The quantitative estimate of drug-likeness (QED) is 0.805. The molecular formula is C16H28N4. The summed E-state index contributed by atoms with van der Waals surface area (Å²) in [7, 11) is 4.34. The minimum absolute atomic E-state index is 0.624. The second-order valence-corrected chi connectivity index (χ2v) is 6.08. The summed E-state index contributed by atoms with van der Waals surface area (Å²) in [5.41, 5.74) is 1.14. The van der Waals surface area contributed by atoms with Crippen LogP contribution in [0.4, 0.5) is 5.82 Å². The molecule has 2 atom stereocenters. The summed E-state index contributed by atoms with van der Waals surface area (Å²) in [6.45, 7) is 8.60. The Kier molecular flexibility index (Phi) is 5.38. The molecule has 0 aliphatic carbocycles. The van der Waals surface area contributed by atoms with E-state index in [1.165, 1.54) is 0 Å². The highest BCUT2D eigenvalue weighted by atomic mass is 15.3. The Morgan fingerprint density at radius 3 is 2.80 bits per heavy atom. The normalized spacial score (nSPS) is 22.8. The van der Waals surface area contributed by atoms with E-state index in [0.29, 0.717) is 12.0 Å². The number of likely N-dealkylation sites (N-methyl/N-ethyl adjacent to an activating group) is 1. The first-order chi connectivity index (χ1) is 9.61. The van der Waals surface area contributed by atoms with Crippen molar-refractivity contribution in [1.29, 1.82) is 0 Å². The highest BCUT2D eigenvalue weighted by molar-refractivity contribution is 5.41. The van der Waals surface area contributed by atoms with Gasteiger partial charge in [-0.2, -0.15) is 0 Å². The zero-order valence-corrected chi connectivity index (χ0v) is 13.3. The van der Waals surface area contributed by atoms with Crippen molar-refractivity contribution in [2.75, 3.05) is 38.6 Å². The maximum Gasteiger partial charge on any atom is 0.128 e. The molecule has 1 fully saturated rings. The minimum Gasteiger partial charge on any atom is -0.355 e. The van der Waals surface area contributed by atoms with Crippen molar-refractivity contribution in [3.05, 3.63) is 23.9 Å². The Labute approximate surface area is 123 Å². The van der Waals surface area contributed by atoms with Gasteiger partial charge in [0.05, 0.1) is 5.69 Å². The number of anilines is 1. The Morgan fingerprint density at radius 2 is 2.15 bits per heavy atom. The summed E-state index contributed by atoms with van der Waals surface area (Å²) < 4.78 is 0. The van der Waals surface area contributed by atoms with Crippen molar-refractivity contribution in [2.45, 2.75) is 32.9 Å². The molecule has 112 valence electrons. The van der Waals surface area contributed by atoms with E-state index in [4.69, 9.17) is 4.98 Å². The second kappa shape index (κ2) is 7.04. The van der Waals surface area contributed by atoms with Crippen molar-refractivity contribution in [3.8, 4) is 0 Å². The molecule has 4 nitrogen and oxygen atoms in total. The molecule has 0 amide bonds. The lowest BCUT2D eigenvalue weighted by atomic mass is 10.1. The van der Waals surface area contributed by atoms with Gasteiger partial charge < -0.3 is 15.1 Å². The van der Waals surface area contributed by atoms with Crippen LogP contribution in [-0.2, 0) is 6.54 Å². The van der Waals surface area contributed by atoms with Gasteiger partial charge in [-0.1, -0.05) is 19.9 Å². The summed E-state index contributed by atoms with van der Waals surface area (Å²) >= 11 is 0. The van der Waals surface area contributed by atoms with Crippen molar-refractivity contribution in [2.24, 2.45) is 5.92 Å². The molecule has 0 aromatic carbocycles. The Balaban J connectivity index is 2.01. The second-order valence-electron chi connectivity index (χ2n) is 6.08.